The van der Waals surface area contributed by atoms with E-state index in [1.807, 2.05) is 0 Å². The van der Waals surface area contributed by atoms with Crippen LogP contribution in [-0.2, 0) is 7.05 Å². The second-order valence-electron chi connectivity index (χ2n) is 2.88. The normalized spacial score (nSPS) is 10.1. The fraction of sp³-hybridized carbons (Fsp3) is 0.500. The molecule has 5 heteroatoms. The molecule has 2 N–H and O–H groups in total. The van der Waals surface area contributed by atoms with Gasteiger partial charge in [-0.2, -0.15) is 0 Å². The van der Waals surface area contributed by atoms with E-state index in [9.17, 15) is 4.79 Å². The molecule has 0 aliphatic carbocycles. The summed E-state index contributed by atoms with van der Waals surface area (Å²) in [6.45, 7) is 1.01. The number of nitrogens with zero attached hydrogens (tertiary/aromatic N) is 3. The number of carbonyl (C=O) groups excluding carboxylic acids is 1. The highest BCUT2D eigenvalue weighted by Crippen LogP contribution is 1.98. The van der Waals surface area contributed by atoms with Gasteiger partial charge in [-0.05, 0) is 0 Å². The van der Waals surface area contributed by atoms with Crippen LogP contribution in [0.5, 0.6) is 0 Å². The van der Waals surface area contributed by atoms with E-state index in [0.29, 0.717) is 18.9 Å². The molecule has 72 valence electrons. The molecule has 0 bridgehead atoms. The molecule has 1 aromatic rings. The summed E-state index contributed by atoms with van der Waals surface area (Å²) in [5.41, 5.74) is 5.34. The average molecular weight is 182 g/mol. The molecule has 1 amide bonds. The molecule has 0 aliphatic heterocycles. The lowest BCUT2D eigenvalue weighted by Crippen LogP contribution is -2.33. The summed E-state index contributed by atoms with van der Waals surface area (Å²) in [6.07, 6.45) is 3.34. The summed E-state index contributed by atoms with van der Waals surface area (Å²) in [5, 5.41) is 0. The first-order valence-electron chi connectivity index (χ1n) is 4.09. The van der Waals surface area contributed by atoms with Gasteiger partial charge in [-0.3, -0.25) is 4.79 Å². The van der Waals surface area contributed by atoms with E-state index < -0.39 is 0 Å². The SMILES string of the molecule is CN(CCN)C(=O)c1nccn1C. The van der Waals surface area contributed by atoms with Gasteiger partial charge in [0.05, 0.1) is 0 Å². The highest BCUT2D eigenvalue weighted by Gasteiger charge is 2.14. The highest BCUT2D eigenvalue weighted by atomic mass is 16.2. The van der Waals surface area contributed by atoms with Crippen LogP contribution in [0.4, 0.5) is 0 Å². The first kappa shape index (κ1) is 9.73. The lowest BCUT2D eigenvalue weighted by Gasteiger charge is -2.14. The third-order valence-electron chi connectivity index (χ3n) is 1.82. The largest absolute Gasteiger partial charge is 0.338 e. The van der Waals surface area contributed by atoms with Crippen molar-refractivity contribution in [3.63, 3.8) is 0 Å². The smallest absolute Gasteiger partial charge is 0.289 e. The van der Waals surface area contributed by atoms with Gasteiger partial charge in [0, 0.05) is 39.6 Å². The number of rotatable bonds is 3. The molecule has 0 radical (unpaired) electrons. The van der Waals surface area contributed by atoms with Gasteiger partial charge in [0.15, 0.2) is 5.82 Å². The molecule has 1 rings (SSSR count). The average Bonchev–Trinajstić information content (AvgIpc) is 2.50. The standard InChI is InChI=1S/C8H14N4O/c1-11-6-4-10-7(11)8(13)12(2)5-3-9/h4,6H,3,5,9H2,1-2H3. The molecule has 0 saturated heterocycles. The van der Waals surface area contributed by atoms with Crippen molar-refractivity contribution in [3.8, 4) is 0 Å². The zero-order valence-electron chi connectivity index (χ0n) is 7.90. The van der Waals surface area contributed by atoms with Crippen molar-refractivity contribution >= 4 is 5.91 Å². The van der Waals surface area contributed by atoms with E-state index in [4.69, 9.17) is 5.73 Å². The lowest BCUT2D eigenvalue weighted by molar-refractivity contribution is 0.0783. The van der Waals surface area contributed by atoms with Crippen LogP contribution in [0.3, 0.4) is 0 Å². The van der Waals surface area contributed by atoms with E-state index in [1.54, 1.807) is 36.0 Å². The van der Waals surface area contributed by atoms with E-state index >= 15 is 0 Å². The quantitative estimate of drug-likeness (QED) is 0.682. The monoisotopic (exact) mass is 182 g/mol. The summed E-state index contributed by atoms with van der Waals surface area (Å²) in [4.78, 5) is 17.1. The van der Waals surface area contributed by atoms with E-state index in [1.165, 1.54) is 0 Å². The van der Waals surface area contributed by atoms with E-state index in [2.05, 4.69) is 4.98 Å². The maximum atomic E-state index is 11.6. The fourth-order valence-electron chi connectivity index (χ4n) is 1.04. The zero-order valence-corrected chi connectivity index (χ0v) is 7.90. The highest BCUT2D eigenvalue weighted by molar-refractivity contribution is 5.90. The van der Waals surface area contributed by atoms with Crippen LogP contribution in [0.1, 0.15) is 10.6 Å². The Hall–Kier alpha value is -1.36. The molecule has 1 heterocycles. The maximum Gasteiger partial charge on any atom is 0.289 e. The number of amides is 1. The summed E-state index contributed by atoms with van der Waals surface area (Å²) in [6, 6.07) is 0. The molecule has 5 nitrogen and oxygen atoms in total. The number of carbonyl (C=O) groups is 1. The van der Waals surface area contributed by atoms with Crippen LogP contribution in [-0.4, -0.2) is 40.5 Å². The fourth-order valence-corrected chi connectivity index (χ4v) is 1.04. The van der Waals surface area contributed by atoms with Crippen molar-refractivity contribution in [3.05, 3.63) is 18.2 Å². The summed E-state index contributed by atoms with van der Waals surface area (Å²) < 4.78 is 1.69. The Bertz CT molecular complexity index is 294. The molecule has 0 atom stereocenters. The Kier molecular flexibility index (Phi) is 3.02. The maximum absolute atomic E-state index is 11.6. The lowest BCUT2D eigenvalue weighted by atomic mass is 10.4. The number of hydrogen-bond donors (Lipinski definition) is 1. The minimum absolute atomic E-state index is 0.0991. The second-order valence-corrected chi connectivity index (χ2v) is 2.88. The topological polar surface area (TPSA) is 64.2 Å². The Balaban J connectivity index is 2.73. The van der Waals surface area contributed by atoms with E-state index in [0.717, 1.165) is 0 Å². The van der Waals surface area contributed by atoms with Gasteiger partial charge >= 0.3 is 0 Å². The van der Waals surface area contributed by atoms with Crippen LogP contribution in [0.15, 0.2) is 12.4 Å². The third kappa shape index (κ3) is 2.06. The van der Waals surface area contributed by atoms with Gasteiger partial charge in [-0.1, -0.05) is 0 Å². The molecule has 0 unspecified atom stereocenters. The first-order valence-corrected chi connectivity index (χ1v) is 4.09. The number of likely N-dealkylation sites (N-methyl/N-ethyl adjacent to an activating group) is 1. The predicted octanol–water partition coefficient (Wildman–Crippen LogP) is -0.549. The minimum Gasteiger partial charge on any atom is -0.338 e. The van der Waals surface area contributed by atoms with Crippen LogP contribution in [0, 0.1) is 0 Å². The van der Waals surface area contributed by atoms with Gasteiger partial charge in [-0.15, -0.1) is 0 Å². The predicted molar refractivity (Wildman–Crippen MR) is 49.2 cm³/mol. The molecule has 13 heavy (non-hydrogen) atoms. The number of aryl methyl sites for hydroxylation is 1. The number of nitrogens with two attached hydrogens (primary N) is 1. The Morgan fingerprint density at radius 2 is 2.46 bits per heavy atom. The first-order chi connectivity index (χ1) is 6.16. The van der Waals surface area contributed by atoms with Crippen molar-refractivity contribution in [2.45, 2.75) is 0 Å². The Morgan fingerprint density at radius 3 is 2.92 bits per heavy atom. The van der Waals surface area contributed by atoms with Crippen molar-refractivity contribution < 1.29 is 4.79 Å². The van der Waals surface area contributed by atoms with Gasteiger partial charge in [0.1, 0.15) is 0 Å². The zero-order chi connectivity index (χ0) is 9.84. The molecular weight excluding hydrogens is 168 g/mol. The third-order valence-corrected chi connectivity index (χ3v) is 1.82. The van der Waals surface area contributed by atoms with Crippen LogP contribution in [0.2, 0.25) is 0 Å². The van der Waals surface area contributed by atoms with Crippen molar-refractivity contribution in [2.75, 3.05) is 20.1 Å². The minimum atomic E-state index is -0.0991. The number of imidazole rings is 1. The molecule has 0 spiro atoms. The van der Waals surface area contributed by atoms with Crippen LogP contribution in [0.25, 0.3) is 0 Å². The van der Waals surface area contributed by atoms with Crippen LogP contribution < -0.4 is 5.73 Å². The number of aromatic nitrogens is 2. The summed E-state index contributed by atoms with van der Waals surface area (Å²) in [5.74, 6) is 0.342. The summed E-state index contributed by atoms with van der Waals surface area (Å²) in [7, 11) is 3.50. The summed E-state index contributed by atoms with van der Waals surface area (Å²) >= 11 is 0. The second kappa shape index (κ2) is 4.04. The molecule has 0 aliphatic rings. The Morgan fingerprint density at radius 1 is 1.77 bits per heavy atom. The number of hydrogen-bond acceptors (Lipinski definition) is 3. The van der Waals surface area contributed by atoms with Crippen molar-refractivity contribution in [1.29, 1.82) is 0 Å². The van der Waals surface area contributed by atoms with Crippen molar-refractivity contribution in [1.82, 2.24) is 14.5 Å². The molecule has 0 aromatic carbocycles. The van der Waals surface area contributed by atoms with Gasteiger partial charge in [0.2, 0.25) is 0 Å². The van der Waals surface area contributed by atoms with Gasteiger partial charge < -0.3 is 15.2 Å². The van der Waals surface area contributed by atoms with Gasteiger partial charge in [0.25, 0.3) is 5.91 Å². The van der Waals surface area contributed by atoms with Gasteiger partial charge in [-0.25, -0.2) is 4.98 Å². The van der Waals surface area contributed by atoms with E-state index in [-0.39, 0.29) is 5.91 Å². The molecule has 1 aromatic heterocycles. The van der Waals surface area contributed by atoms with Crippen LogP contribution >= 0.6 is 0 Å². The molecule has 0 saturated carbocycles. The Labute approximate surface area is 77.2 Å². The molecular formula is C8H14N4O. The van der Waals surface area contributed by atoms with Crippen molar-refractivity contribution in [2.24, 2.45) is 12.8 Å². The molecule has 0 fully saturated rings.